The van der Waals surface area contributed by atoms with Crippen LogP contribution in [-0.2, 0) is 6.54 Å². The van der Waals surface area contributed by atoms with E-state index in [0.717, 1.165) is 24.4 Å². The van der Waals surface area contributed by atoms with Crippen molar-refractivity contribution in [3.8, 4) is 28.6 Å². The van der Waals surface area contributed by atoms with Gasteiger partial charge in [-0.1, -0.05) is 6.92 Å². The van der Waals surface area contributed by atoms with E-state index in [-0.39, 0.29) is 0 Å². The zero-order valence-corrected chi connectivity index (χ0v) is 12.2. The van der Waals surface area contributed by atoms with Gasteiger partial charge in [-0.3, -0.25) is 0 Å². The first kappa shape index (κ1) is 14.2. The first-order valence-corrected chi connectivity index (χ1v) is 6.43. The molecule has 0 unspecified atom stereocenters. The largest absolute Gasteiger partial charge is 0.496 e. The Kier molecular flexibility index (Phi) is 4.45. The molecule has 0 aliphatic rings. The Morgan fingerprint density at radius 3 is 2.25 bits per heavy atom. The quantitative estimate of drug-likeness (QED) is 0.811. The second-order valence-electron chi connectivity index (χ2n) is 4.26. The van der Waals surface area contributed by atoms with E-state index < -0.39 is 0 Å². The van der Waals surface area contributed by atoms with Crippen LogP contribution in [0.5, 0.6) is 17.2 Å². The molecule has 0 saturated heterocycles. The molecule has 0 aliphatic heterocycles. The van der Waals surface area contributed by atoms with Crippen LogP contribution in [0.2, 0.25) is 0 Å². The molecule has 1 heterocycles. The van der Waals surface area contributed by atoms with E-state index in [1.807, 2.05) is 10.6 Å². The van der Waals surface area contributed by atoms with Crippen molar-refractivity contribution in [2.24, 2.45) is 0 Å². The molecule has 6 heteroatoms. The minimum atomic E-state index is 0.620. The van der Waals surface area contributed by atoms with Crippen molar-refractivity contribution in [2.45, 2.75) is 19.9 Å². The van der Waals surface area contributed by atoms with Crippen LogP contribution in [0, 0.1) is 0 Å². The normalized spacial score (nSPS) is 10.4. The summed E-state index contributed by atoms with van der Waals surface area (Å²) in [5.41, 5.74) is 0.830. The molecule has 0 atom stereocenters. The first-order chi connectivity index (χ1) is 9.74. The van der Waals surface area contributed by atoms with Gasteiger partial charge in [0, 0.05) is 12.6 Å². The van der Waals surface area contributed by atoms with Gasteiger partial charge in [0.1, 0.15) is 12.1 Å². The van der Waals surface area contributed by atoms with Crippen molar-refractivity contribution in [3.05, 3.63) is 18.5 Å². The van der Waals surface area contributed by atoms with Crippen LogP contribution in [0.4, 0.5) is 0 Å². The summed E-state index contributed by atoms with van der Waals surface area (Å²) in [7, 11) is 4.81. The predicted molar refractivity (Wildman–Crippen MR) is 75.4 cm³/mol. The Morgan fingerprint density at radius 2 is 1.65 bits per heavy atom. The number of ether oxygens (including phenoxy) is 3. The maximum absolute atomic E-state index is 5.43. The molecule has 2 aromatic rings. The lowest BCUT2D eigenvalue weighted by Gasteiger charge is -2.14. The minimum absolute atomic E-state index is 0.620. The summed E-state index contributed by atoms with van der Waals surface area (Å²) in [6.07, 6.45) is 2.72. The molecule has 0 spiro atoms. The number of methoxy groups -OCH3 is 3. The van der Waals surface area contributed by atoms with E-state index in [9.17, 15) is 0 Å². The second kappa shape index (κ2) is 6.27. The van der Waals surface area contributed by atoms with Gasteiger partial charge in [0.05, 0.1) is 26.9 Å². The van der Waals surface area contributed by atoms with E-state index in [1.165, 1.54) is 0 Å². The van der Waals surface area contributed by atoms with Crippen LogP contribution in [0.25, 0.3) is 11.4 Å². The zero-order chi connectivity index (χ0) is 14.5. The Hall–Kier alpha value is -2.24. The summed E-state index contributed by atoms with van der Waals surface area (Å²) >= 11 is 0. The molecule has 0 N–H and O–H groups in total. The fourth-order valence-corrected chi connectivity index (χ4v) is 2.07. The summed E-state index contributed by atoms with van der Waals surface area (Å²) in [5.74, 6) is 2.68. The van der Waals surface area contributed by atoms with Crippen molar-refractivity contribution >= 4 is 0 Å². The molecule has 0 bridgehead atoms. The van der Waals surface area contributed by atoms with Crippen LogP contribution in [0.15, 0.2) is 18.5 Å². The van der Waals surface area contributed by atoms with Crippen LogP contribution < -0.4 is 14.2 Å². The monoisotopic (exact) mass is 277 g/mol. The van der Waals surface area contributed by atoms with Crippen molar-refractivity contribution in [2.75, 3.05) is 21.3 Å². The summed E-state index contributed by atoms with van der Waals surface area (Å²) in [4.78, 5) is 0. The lowest BCUT2D eigenvalue weighted by atomic mass is 10.1. The van der Waals surface area contributed by atoms with Gasteiger partial charge in [-0.25, -0.2) is 0 Å². The highest BCUT2D eigenvalue weighted by molar-refractivity contribution is 5.69. The molecule has 1 aromatic heterocycles. The second-order valence-corrected chi connectivity index (χ2v) is 4.26. The Bertz CT molecular complexity index is 581. The average Bonchev–Trinajstić information content (AvgIpc) is 2.94. The third kappa shape index (κ3) is 2.54. The molecule has 6 nitrogen and oxygen atoms in total. The van der Waals surface area contributed by atoms with Crippen molar-refractivity contribution < 1.29 is 14.2 Å². The predicted octanol–water partition coefficient (Wildman–Crippen LogP) is 2.38. The smallest absolute Gasteiger partial charge is 0.167 e. The Balaban J connectivity index is 2.57. The van der Waals surface area contributed by atoms with E-state index in [2.05, 4.69) is 17.1 Å². The van der Waals surface area contributed by atoms with Crippen LogP contribution in [-0.4, -0.2) is 36.1 Å². The highest BCUT2D eigenvalue weighted by Gasteiger charge is 2.17. The molecule has 20 heavy (non-hydrogen) atoms. The van der Waals surface area contributed by atoms with Crippen LogP contribution in [0.3, 0.4) is 0 Å². The maximum atomic E-state index is 5.43. The van der Waals surface area contributed by atoms with E-state index in [1.54, 1.807) is 33.7 Å². The number of aryl methyl sites for hydroxylation is 1. The minimum Gasteiger partial charge on any atom is -0.496 e. The third-order valence-corrected chi connectivity index (χ3v) is 3.03. The molecule has 0 amide bonds. The summed E-state index contributed by atoms with van der Waals surface area (Å²) in [5, 5.41) is 8.16. The van der Waals surface area contributed by atoms with Gasteiger partial charge in [-0.05, 0) is 12.5 Å². The molecule has 108 valence electrons. The van der Waals surface area contributed by atoms with Gasteiger partial charge < -0.3 is 18.8 Å². The van der Waals surface area contributed by atoms with Crippen molar-refractivity contribution in [3.63, 3.8) is 0 Å². The van der Waals surface area contributed by atoms with Crippen LogP contribution >= 0.6 is 0 Å². The van der Waals surface area contributed by atoms with Crippen molar-refractivity contribution in [1.82, 2.24) is 14.8 Å². The first-order valence-electron chi connectivity index (χ1n) is 6.43. The lowest BCUT2D eigenvalue weighted by molar-refractivity contribution is 0.349. The molecular formula is C14H19N3O3. The molecule has 0 aliphatic carbocycles. The summed E-state index contributed by atoms with van der Waals surface area (Å²) in [6.45, 7) is 2.95. The fourth-order valence-electron chi connectivity index (χ4n) is 2.07. The Morgan fingerprint density at radius 1 is 1.00 bits per heavy atom. The SMILES string of the molecule is CCCn1cnnc1-c1cc(OC)c(OC)cc1OC. The van der Waals surface area contributed by atoms with Gasteiger partial charge in [-0.2, -0.15) is 0 Å². The van der Waals surface area contributed by atoms with E-state index >= 15 is 0 Å². The van der Waals surface area contributed by atoms with E-state index in [0.29, 0.717) is 17.2 Å². The highest BCUT2D eigenvalue weighted by Crippen LogP contribution is 2.39. The maximum Gasteiger partial charge on any atom is 0.167 e. The average molecular weight is 277 g/mol. The number of nitrogens with zero attached hydrogens (tertiary/aromatic N) is 3. The molecule has 2 rings (SSSR count). The highest BCUT2D eigenvalue weighted by atomic mass is 16.5. The van der Waals surface area contributed by atoms with E-state index in [4.69, 9.17) is 14.2 Å². The van der Waals surface area contributed by atoms with Gasteiger partial charge in [-0.15, -0.1) is 10.2 Å². The molecule has 1 aromatic carbocycles. The topological polar surface area (TPSA) is 58.4 Å². The number of rotatable bonds is 6. The molecular weight excluding hydrogens is 258 g/mol. The van der Waals surface area contributed by atoms with Crippen LogP contribution in [0.1, 0.15) is 13.3 Å². The zero-order valence-electron chi connectivity index (χ0n) is 12.2. The third-order valence-electron chi connectivity index (χ3n) is 3.03. The Labute approximate surface area is 118 Å². The fraction of sp³-hybridized carbons (Fsp3) is 0.429. The number of benzene rings is 1. The van der Waals surface area contributed by atoms with Gasteiger partial charge in [0.2, 0.25) is 0 Å². The number of hydrogen-bond acceptors (Lipinski definition) is 5. The van der Waals surface area contributed by atoms with Gasteiger partial charge >= 0.3 is 0 Å². The lowest BCUT2D eigenvalue weighted by Crippen LogP contribution is -2.01. The molecule has 0 radical (unpaired) electrons. The van der Waals surface area contributed by atoms with Gasteiger partial charge in [0.25, 0.3) is 0 Å². The van der Waals surface area contributed by atoms with Gasteiger partial charge in [0.15, 0.2) is 17.3 Å². The molecule has 0 fully saturated rings. The number of aromatic nitrogens is 3. The summed E-state index contributed by atoms with van der Waals surface area (Å²) in [6, 6.07) is 3.65. The van der Waals surface area contributed by atoms with Crippen molar-refractivity contribution in [1.29, 1.82) is 0 Å². The standard InChI is InChI=1S/C14H19N3O3/c1-5-6-17-9-15-16-14(17)10-7-12(19-3)13(20-4)8-11(10)18-2/h7-9H,5-6H2,1-4H3. The summed E-state index contributed by atoms with van der Waals surface area (Å²) < 4.78 is 18.0. The molecule has 0 saturated carbocycles. The number of hydrogen-bond donors (Lipinski definition) is 0.